The van der Waals surface area contributed by atoms with Gasteiger partial charge in [-0.1, -0.05) is 0 Å². The van der Waals surface area contributed by atoms with E-state index in [1.165, 1.54) is 12.1 Å². The second-order valence-corrected chi connectivity index (χ2v) is 4.10. The summed E-state index contributed by atoms with van der Waals surface area (Å²) in [6.45, 7) is 2.67. The molecule has 0 saturated carbocycles. The average Bonchev–Trinajstić information content (AvgIpc) is 2.75. The van der Waals surface area contributed by atoms with Crippen LogP contribution in [0, 0.1) is 12.7 Å². The number of anilines is 1. The molecule has 1 saturated heterocycles. The highest BCUT2D eigenvalue weighted by atomic mass is 35.5. The highest BCUT2D eigenvalue weighted by Gasteiger charge is 2.22. The van der Waals surface area contributed by atoms with E-state index >= 15 is 0 Å². The third kappa shape index (κ3) is 3.41. The lowest BCUT2D eigenvalue weighted by Gasteiger charge is -2.12. The van der Waals surface area contributed by atoms with Gasteiger partial charge in [0.15, 0.2) is 0 Å². The molecule has 17 heavy (non-hydrogen) atoms. The molecule has 94 valence electrons. The minimum Gasteiger partial charge on any atom is -0.324 e. The molecule has 0 radical (unpaired) electrons. The number of carbonyl (C=O) groups is 1. The predicted molar refractivity (Wildman–Crippen MR) is 68.0 cm³/mol. The van der Waals surface area contributed by atoms with Crippen molar-refractivity contribution < 1.29 is 9.18 Å². The number of benzene rings is 1. The smallest absolute Gasteiger partial charge is 0.241 e. The van der Waals surface area contributed by atoms with E-state index in [9.17, 15) is 9.18 Å². The molecule has 2 rings (SSSR count). The first kappa shape index (κ1) is 13.9. The standard InChI is InChI=1S/C12H15FN2O.ClH/c1-8-7-9(13)4-5-10(8)15-12(16)11-3-2-6-14-11;/h4-5,7,11,14H,2-3,6H2,1H3,(H,15,16);1H. The Kier molecular flexibility index (Phi) is 4.90. The van der Waals surface area contributed by atoms with Gasteiger partial charge in [0.25, 0.3) is 0 Å². The molecule has 1 atom stereocenters. The molecule has 2 N–H and O–H groups in total. The second kappa shape index (κ2) is 5.98. The van der Waals surface area contributed by atoms with Crippen LogP contribution in [0.3, 0.4) is 0 Å². The zero-order chi connectivity index (χ0) is 11.5. The van der Waals surface area contributed by atoms with E-state index in [2.05, 4.69) is 10.6 Å². The molecule has 0 spiro atoms. The van der Waals surface area contributed by atoms with Crippen molar-refractivity contribution >= 4 is 24.0 Å². The van der Waals surface area contributed by atoms with Crippen molar-refractivity contribution in [1.29, 1.82) is 0 Å². The summed E-state index contributed by atoms with van der Waals surface area (Å²) in [5.41, 5.74) is 1.42. The molecule has 0 bridgehead atoms. The lowest BCUT2D eigenvalue weighted by Crippen LogP contribution is -2.35. The summed E-state index contributed by atoms with van der Waals surface area (Å²) in [4.78, 5) is 11.8. The third-order valence-electron chi connectivity index (χ3n) is 2.82. The summed E-state index contributed by atoms with van der Waals surface area (Å²) in [7, 11) is 0. The number of aryl methyl sites for hydroxylation is 1. The average molecular weight is 259 g/mol. The number of amides is 1. The quantitative estimate of drug-likeness (QED) is 0.854. The zero-order valence-corrected chi connectivity index (χ0v) is 10.4. The fourth-order valence-electron chi connectivity index (χ4n) is 1.90. The fourth-order valence-corrected chi connectivity index (χ4v) is 1.90. The van der Waals surface area contributed by atoms with Crippen molar-refractivity contribution in [1.82, 2.24) is 5.32 Å². The van der Waals surface area contributed by atoms with E-state index in [0.717, 1.165) is 24.9 Å². The molecule has 5 heteroatoms. The lowest BCUT2D eigenvalue weighted by atomic mass is 10.1. The van der Waals surface area contributed by atoms with E-state index in [-0.39, 0.29) is 30.2 Å². The van der Waals surface area contributed by atoms with E-state index in [1.807, 2.05) is 0 Å². The highest BCUT2D eigenvalue weighted by molar-refractivity contribution is 5.95. The summed E-state index contributed by atoms with van der Waals surface area (Å²) < 4.78 is 12.9. The Labute approximate surface area is 106 Å². The Morgan fingerprint density at radius 1 is 1.53 bits per heavy atom. The van der Waals surface area contributed by atoms with Gasteiger partial charge < -0.3 is 10.6 Å². The van der Waals surface area contributed by atoms with E-state index in [0.29, 0.717) is 5.69 Å². The molecule has 1 aromatic rings. The van der Waals surface area contributed by atoms with Crippen molar-refractivity contribution in [3.63, 3.8) is 0 Å². The lowest BCUT2D eigenvalue weighted by molar-refractivity contribution is -0.117. The highest BCUT2D eigenvalue weighted by Crippen LogP contribution is 2.17. The summed E-state index contributed by atoms with van der Waals surface area (Å²) in [6.07, 6.45) is 1.90. The largest absolute Gasteiger partial charge is 0.324 e. The molecular formula is C12H16ClFN2O. The monoisotopic (exact) mass is 258 g/mol. The Bertz CT molecular complexity index is 405. The molecule has 1 aromatic carbocycles. The summed E-state index contributed by atoms with van der Waals surface area (Å²) in [5.74, 6) is -0.318. The van der Waals surface area contributed by atoms with E-state index < -0.39 is 0 Å². The van der Waals surface area contributed by atoms with Crippen LogP contribution in [-0.2, 0) is 4.79 Å². The Morgan fingerprint density at radius 3 is 2.88 bits per heavy atom. The second-order valence-electron chi connectivity index (χ2n) is 4.10. The van der Waals surface area contributed by atoms with Gasteiger partial charge in [-0.3, -0.25) is 4.79 Å². The molecule has 1 aliphatic heterocycles. The summed E-state index contributed by atoms with van der Waals surface area (Å²) in [6, 6.07) is 4.25. The molecule has 1 heterocycles. The third-order valence-corrected chi connectivity index (χ3v) is 2.82. The number of nitrogens with one attached hydrogen (secondary N) is 2. The van der Waals surface area contributed by atoms with Gasteiger partial charge in [-0.2, -0.15) is 0 Å². The summed E-state index contributed by atoms with van der Waals surface area (Å²) >= 11 is 0. The maximum atomic E-state index is 12.9. The van der Waals surface area contributed by atoms with Crippen molar-refractivity contribution in [3.05, 3.63) is 29.6 Å². The van der Waals surface area contributed by atoms with Crippen LogP contribution in [0.1, 0.15) is 18.4 Å². The molecule has 0 aromatic heterocycles. The number of hydrogen-bond acceptors (Lipinski definition) is 2. The Morgan fingerprint density at radius 2 is 2.29 bits per heavy atom. The van der Waals surface area contributed by atoms with Crippen LogP contribution in [0.5, 0.6) is 0 Å². The Hall–Kier alpha value is -1.13. The summed E-state index contributed by atoms with van der Waals surface area (Å²) in [5, 5.41) is 5.93. The minimum absolute atomic E-state index is 0. The first-order valence-electron chi connectivity index (χ1n) is 5.47. The molecule has 1 amide bonds. The van der Waals surface area contributed by atoms with Crippen LogP contribution in [0.4, 0.5) is 10.1 Å². The van der Waals surface area contributed by atoms with Crippen LogP contribution in [0.25, 0.3) is 0 Å². The van der Waals surface area contributed by atoms with Gasteiger partial charge in [0.1, 0.15) is 5.82 Å². The normalized spacial score (nSPS) is 18.6. The molecule has 3 nitrogen and oxygen atoms in total. The van der Waals surface area contributed by atoms with Gasteiger partial charge in [0.2, 0.25) is 5.91 Å². The van der Waals surface area contributed by atoms with Crippen molar-refractivity contribution in [2.75, 3.05) is 11.9 Å². The van der Waals surface area contributed by atoms with Gasteiger partial charge in [-0.15, -0.1) is 12.4 Å². The van der Waals surface area contributed by atoms with Crippen LogP contribution in [-0.4, -0.2) is 18.5 Å². The maximum Gasteiger partial charge on any atom is 0.241 e. The molecule has 1 aliphatic rings. The van der Waals surface area contributed by atoms with Crippen molar-refractivity contribution in [2.24, 2.45) is 0 Å². The van der Waals surface area contributed by atoms with Crippen molar-refractivity contribution in [3.8, 4) is 0 Å². The minimum atomic E-state index is -0.283. The van der Waals surface area contributed by atoms with Gasteiger partial charge >= 0.3 is 0 Å². The van der Waals surface area contributed by atoms with E-state index in [4.69, 9.17) is 0 Å². The zero-order valence-electron chi connectivity index (χ0n) is 9.63. The first-order valence-corrected chi connectivity index (χ1v) is 5.47. The molecule has 0 aliphatic carbocycles. The van der Waals surface area contributed by atoms with Crippen LogP contribution in [0.15, 0.2) is 18.2 Å². The molecule has 1 unspecified atom stereocenters. The maximum absolute atomic E-state index is 12.9. The molecule has 1 fully saturated rings. The first-order chi connectivity index (χ1) is 7.66. The van der Waals surface area contributed by atoms with Crippen molar-refractivity contribution in [2.45, 2.75) is 25.8 Å². The van der Waals surface area contributed by atoms with Gasteiger partial charge in [-0.05, 0) is 50.1 Å². The SMILES string of the molecule is Cc1cc(F)ccc1NC(=O)C1CCCN1.Cl. The topological polar surface area (TPSA) is 41.1 Å². The predicted octanol–water partition coefficient (Wildman–Crippen LogP) is 2.25. The number of halogens is 2. The van der Waals surface area contributed by atoms with Crippen LogP contribution in [0.2, 0.25) is 0 Å². The number of carbonyl (C=O) groups excluding carboxylic acids is 1. The van der Waals surface area contributed by atoms with Crippen LogP contribution >= 0.6 is 12.4 Å². The number of hydrogen-bond donors (Lipinski definition) is 2. The van der Waals surface area contributed by atoms with Crippen LogP contribution < -0.4 is 10.6 Å². The molecular weight excluding hydrogens is 243 g/mol. The van der Waals surface area contributed by atoms with Gasteiger partial charge in [-0.25, -0.2) is 4.39 Å². The van der Waals surface area contributed by atoms with Gasteiger partial charge in [0.05, 0.1) is 6.04 Å². The number of rotatable bonds is 2. The Balaban J connectivity index is 0.00000144. The fraction of sp³-hybridized carbons (Fsp3) is 0.417. The van der Waals surface area contributed by atoms with Gasteiger partial charge in [0, 0.05) is 5.69 Å². The van der Waals surface area contributed by atoms with E-state index in [1.54, 1.807) is 13.0 Å².